The number of nitrogens with zero attached hydrogens (tertiary/aromatic N) is 1. The monoisotopic (exact) mass is 313 g/mol. The second-order valence-corrected chi connectivity index (χ2v) is 7.06. The predicted octanol–water partition coefficient (Wildman–Crippen LogP) is 3.15. The van der Waals surface area contributed by atoms with Gasteiger partial charge < -0.3 is 5.32 Å². The summed E-state index contributed by atoms with van der Waals surface area (Å²) in [5.41, 5.74) is 0. The second kappa shape index (κ2) is 8.34. The van der Waals surface area contributed by atoms with E-state index in [4.69, 9.17) is 0 Å². The van der Waals surface area contributed by atoms with Gasteiger partial charge in [-0.2, -0.15) is 0 Å². The molecule has 2 N–H and O–H groups in total. The summed E-state index contributed by atoms with van der Waals surface area (Å²) in [6.45, 7) is 8.13. The fraction of sp³-hybridized carbons (Fsp3) is 0.667. The minimum absolute atomic E-state index is 0.0673. The molecular formula is C15H27N3O2S. The highest BCUT2D eigenvalue weighted by molar-refractivity contribution is 7.89. The molecule has 0 saturated carbocycles. The zero-order chi connectivity index (χ0) is 15.9. The first kappa shape index (κ1) is 17.9. The van der Waals surface area contributed by atoms with Crippen molar-refractivity contribution in [3.63, 3.8) is 0 Å². The van der Waals surface area contributed by atoms with E-state index in [0.717, 1.165) is 25.7 Å². The van der Waals surface area contributed by atoms with Crippen LogP contribution in [0.1, 0.15) is 53.4 Å². The second-order valence-electron chi connectivity index (χ2n) is 5.35. The van der Waals surface area contributed by atoms with Gasteiger partial charge in [0.15, 0.2) is 0 Å². The minimum Gasteiger partial charge on any atom is -0.367 e. The molecule has 0 fully saturated rings. The molecule has 0 spiro atoms. The Hall–Kier alpha value is -1.14. The average Bonchev–Trinajstić information content (AvgIpc) is 2.45. The highest BCUT2D eigenvalue weighted by Gasteiger charge is 2.17. The largest absolute Gasteiger partial charge is 0.367 e. The van der Waals surface area contributed by atoms with Crippen LogP contribution >= 0.6 is 0 Å². The summed E-state index contributed by atoms with van der Waals surface area (Å²) in [4.78, 5) is 4.41. The van der Waals surface area contributed by atoms with E-state index in [1.807, 2.05) is 13.8 Å². The van der Waals surface area contributed by atoms with Gasteiger partial charge in [-0.05, 0) is 38.3 Å². The van der Waals surface area contributed by atoms with Crippen molar-refractivity contribution >= 4 is 15.8 Å². The Morgan fingerprint density at radius 3 is 2.33 bits per heavy atom. The Bertz CT molecular complexity index is 510. The Kier molecular flexibility index (Phi) is 7.11. The quantitative estimate of drug-likeness (QED) is 0.734. The number of anilines is 1. The molecule has 6 heteroatoms. The van der Waals surface area contributed by atoms with Crippen LogP contribution in [0, 0.1) is 0 Å². The van der Waals surface area contributed by atoms with Gasteiger partial charge in [0, 0.05) is 18.3 Å². The van der Waals surface area contributed by atoms with Gasteiger partial charge in [0.1, 0.15) is 10.7 Å². The first-order valence-corrected chi connectivity index (χ1v) is 9.16. The van der Waals surface area contributed by atoms with Crippen molar-refractivity contribution in [1.82, 2.24) is 9.71 Å². The van der Waals surface area contributed by atoms with Crippen molar-refractivity contribution in [3.8, 4) is 0 Å². The van der Waals surface area contributed by atoms with Gasteiger partial charge in [-0.25, -0.2) is 18.1 Å². The van der Waals surface area contributed by atoms with E-state index in [2.05, 4.69) is 28.9 Å². The van der Waals surface area contributed by atoms with Crippen LogP contribution in [0.4, 0.5) is 5.82 Å². The third-order valence-electron chi connectivity index (χ3n) is 3.46. The summed E-state index contributed by atoms with van der Waals surface area (Å²) >= 11 is 0. The lowest BCUT2D eigenvalue weighted by Gasteiger charge is -2.16. The Labute approximate surface area is 128 Å². The maximum atomic E-state index is 12.2. The molecule has 0 saturated heterocycles. The molecule has 0 radical (unpaired) electrons. The van der Waals surface area contributed by atoms with E-state index >= 15 is 0 Å². The number of pyridine rings is 1. The fourth-order valence-corrected chi connectivity index (χ4v) is 3.37. The highest BCUT2D eigenvalue weighted by atomic mass is 32.2. The summed E-state index contributed by atoms with van der Waals surface area (Å²) in [5.74, 6) is 0.712. The lowest BCUT2D eigenvalue weighted by Crippen LogP contribution is -2.32. The molecule has 0 aliphatic carbocycles. The molecule has 120 valence electrons. The van der Waals surface area contributed by atoms with Gasteiger partial charge >= 0.3 is 0 Å². The third kappa shape index (κ3) is 5.63. The molecule has 0 aliphatic rings. The first-order valence-electron chi connectivity index (χ1n) is 7.67. The summed E-state index contributed by atoms with van der Waals surface area (Å²) in [5, 5.41) is 3.29. The standard InChI is InChI=1S/C15H27N3O2S/c1-5-8-12(4)18-21(19,20)14-9-10-15(16-11-14)17-13(6-2)7-3/h9-13,18H,5-8H2,1-4H3,(H,16,17). The third-order valence-corrected chi connectivity index (χ3v) is 5.04. The average molecular weight is 313 g/mol. The summed E-state index contributed by atoms with van der Waals surface area (Å²) in [6.07, 6.45) is 5.19. The summed E-state index contributed by atoms with van der Waals surface area (Å²) < 4.78 is 27.1. The van der Waals surface area contributed by atoms with Crippen molar-refractivity contribution in [2.24, 2.45) is 0 Å². The van der Waals surface area contributed by atoms with Gasteiger partial charge in [-0.15, -0.1) is 0 Å². The van der Waals surface area contributed by atoms with Gasteiger partial charge in [0.05, 0.1) is 0 Å². The van der Waals surface area contributed by atoms with E-state index < -0.39 is 10.0 Å². The van der Waals surface area contributed by atoms with E-state index in [-0.39, 0.29) is 10.9 Å². The molecule has 0 amide bonds. The Morgan fingerprint density at radius 2 is 1.86 bits per heavy atom. The van der Waals surface area contributed by atoms with Crippen LogP contribution < -0.4 is 10.0 Å². The van der Waals surface area contributed by atoms with Gasteiger partial charge in [0.25, 0.3) is 0 Å². The van der Waals surface area contributed by atoms with E-state index in [0.29, 0.717) is 11.9 Å². The number of hydrogen-bond donors (Lipinski definition) is 2. The molecule has 0 aromatic carbocycles. The van der Waals surface area contributed by atoms with Gasteiger partial charge in [-0.1, -0.05) is 27.2 Å². The van der Waals surface area contributed by atoms with Crippen LogP contribution in [0.3, 0.4) is 0 Å². The van der Waals surface area contributed by atoms with Crippen LogP contribution in [0.25, 0.3) is 0 Å². The van der Waals surface area contributed by atoms with Crippen LogP contribution in [-0.4, -0.2) is 25.5 Å². The molecule has 1 aromatic rings. The predicted molar refractivity (Wildman–Crippen MR) is 86.9 cm³/mol. The topological polar surface area (TPSA) is 71.1 Å². The lowest BCUT2D eigenvalue weighted by molar-refractivity contribution is 0.543. The Morgan fingerprint density at radius 1 is 1.19 bits per heavy atom. The number of nitrogens with one attached hydrogen (secondary N) is 2. The molecule has 21 heavy (non-hydrogen) atoms. The molecular weight excluding hydrogens is 286 g/mol. The molecule has 0 bridgehead atoms. The SMILES string of the molecule is CCCC(C)NS(=O)(=O)c1ccc(NC(CC)CC)nc1. The molecule has 1 unspecified atom stereocenters. The smallest absolute Gasteiger partial charge is 0.242 e. The molecule has 1 heterocycles. The lowest BCUT2D eigenvalue weighted by atomic mass is 10.2. The number of aromatic nitrogens is 1. The summed E-state index contributed by atoms with van der Waals surface area (Å²) in [7, 11) is -3.48. The van der Waals surface area contributed by atoms with E-state index in [1.165, 1.54) is 6.20 Å². The molecule has 0 aliphatic heterocycles. The maximum Gasteiger partial charge on any atom is 0.242 e. The van der Waals surface area contributed by atoms with Crippen LogP contribution in [-0.2, 0) is 10.0 Å². The molecule has 1 atom stereocenters. The fourth-order valence-electron chi connectivity index (χ4n) is 2.15. The van der Waals surface area contributed by atoms with Crippen LogP contribution in [0.5, 0.6) is 0 Å². The Balaban J connectivity index is 2.77. The zero-order valence-corrected chi connectivity index (χ0v) is 14.2. The molecule has 1 rings (SSSR count). The zero-order valence-electron chi connectivity index (χ0n) is 13.4. The molecule has 5 nitrogen and oxygen atoms in total. The van der Waals surface area contributed by atoms with Gasteiger partial charge in [0.2, 0.25) is 10.0 Å². The first-order chi connectivity index (χ1) is 9.92. The van der Waals surface area contributed by atoms with Crippen molar-refractivity contribution in [2.45, 2.75) is 70.4 Å². The van der Waals surface area contributed by atoms with Crippen LogP contribution in [0.15, 0.2) is 23.2 Å². The minimum atomic E-state index is -3.48. The number of hydrogen-bond acceptors (Lipinski definition) is 4. The van der Waals surface area contributed by atoms with E-state index in [1.54, 1.807) is 12.1 Å². The van der Waals surface area contributed by atoms with Crippen molar-refractivity contribution < 1.29 is 8.42 Å². The number of rotatable bonds is 9. The van der Waals surface area contributed by atoms with E-state index in [9.17, 15) is 8.42 Å². The van der Waals surface area contributed by atoms with Crippen molar-refractivity contribution in [3.05, 3.63) is 18.3 Å². The van der Waals surface area contributed by atoms with Crippen molar-refractivity contribution in [2.75, 3.05) is 5.32 Å². The maximum absolute atomic E-state index is 12.2. The number of sulfonamides is 1. The summed E-state index contributed by atoms with van der Waals surface area (Å²) in [6, 6.07) is 3.61. The van der Waals surface area contributed by atoms with Crippen LogP contribution in [0.2, 0.25) is 0 Å². The molecule has 1 aromatic heterocycles. The van der Waals surface area contributed by atoms with Gasteiger partial charge in [-0.3, -0.25) is 0 Å². The highest BCUT2D eigenvalue weighted by Crippen LogP contribution is 2.14. The normalized spacial score (nSPS) is 13.4. The van der Waals surface area contributed by atoms with Crippen molar-refractivity contribution in [1.29, 1.82) is 0 Å².